The van der Waals surface area contributed by atoms with E-state index in [1.807, 2.05) is 30.3 Å². The molecular formula is C14H22O5Si. The fraction of sp³-hybridized carbons (Fsp3) is 0.500. The molecule has 0 aliphatic rings. The van der Waals surface area contributed by atoms with Crippen molar-refractivity contribution in [1.29, 1.82) is 0 Å². The predicted molar refractivity (Wildman–Crippen MR) is 77.3 cm³/mol. The van der Waals surface area contributed by atoms with E-state index < -0.39 is 8.80 Å². The van der Waals surface area contributed by atoms with E-state index in [-0.39, 0.29) is 12.6 Å². The van der Waals surface area contributed by atoms with Crippen LogP contribution in [0.2, 0.25) is 6.04 Å². The molecule has 5 nitrogen and oxygen atoms in total. The molecule has 1 rings (SSSR count). The number of aryl methyl sites for hydroxylation is 1. The van der Waals surface area contributed by atoms with Gasteiger partial charge in [0.1, 0.15) is 0 Å². The van der Waals surface area contributed by atoms with Crippen LogP contribution >= 0.6 is 0 Å². The van der Waals surface area contributed by atoms with Gasteiger partial charge < -0.3 is 18.0 Å². The quantitative estimate of drug-likeness (QED) is 0.516. The molecule has 0 unspecified atom stereocenters. The van der Waals surface area contributed by atoms with E-state index in [4.69, 9.17) is 18.0 Å². The molecule has 20 heavy (non-hydrogen) atoms. The molecule has 0 atom stereocenters. The Hall–Kier alpha value is -1.21. The van der Waals surface area contributed by atoms with Crippen LogP contribution in [-0.4, -0.2) is 42.7 Å². The van der Waals surface area contributed by atoms with Crippen LogP contribution in [-0.2, 0) is 29.2 Å². The molecule has 0 heterocycles. The van der Waals surface area contributed by atoms with Gasteiger partial charge in [-0.3, -0.25) is 4.79 Å². The maximum Gasteiger partial charge on any atom is 0.503 e. The van der Waals surface area contributed by atoms with Crippen molar-refractivity contribution in [2.45, 2.75) is 18.9 Å². The van der Waals surface area contributed by atoms with E-state index in [0.29, 0.717) is 18.9 Å². The summed E-state index contributed by atoms with van der Waals surface area (Å²) in [5.41, 5.74) is 1.12. The van der Waals surface area contributed by atoms with Crippen molar-refractivity contribution in [2.24, 2.45) is 0 Å². The van der Waals surface area contributed by atoms with Gasteiger partial charge in [0.15, 0.2) is 0 Å². The fourth-order valence-electron chi connectivity index (χ4n) is 1.81. The topological polar surface area (TPSA) is 54.0 Å². The van der Waals surface area contributed by atoms with Gasteiger partial charge >= 0.3 is 14.8 Å². The Kier molecular flexibility index (Phi) is 7.46. The van der Waals surface area contributed by atoms with Crippen LogP contribution < -0.4 is 0 Å². The minimum Gasteiger partial charge on any atom is -0.466 e. The highest BCUT2D eigenvalue weighted by atomic mass is 28.4. The van der Waals surface area contributed by atoms with E-state index in [0.717, 1.165) is 5.56 Å². The number of hydrogen-bond acceptors (Lipinski definition) is 5. The summed E-state index contributed by atoms with van der Waals surface area (Å²) in [6, 6.07) is 10.3. The molecule has 0 radical (unpaired) electrons. The van der Waals surface area contributed by atoms with Gasteiger partial charge in [0, 0.05) is 27.8 Å². The number of esters is 1. The van der Waals surface area contributed by atoms with E-state index in [1.165, 1.54) is 21.3 Å². The molecule has 0 aromatic heterocycles. The van der Waals surface area contributed by atoms with Crippen molar-refractivity contribution >= 4 is 14.8 Å². The molecule has 0 fully saturated rings. The minimum atomic E-state index is -2.65. The molecule has 0 N–H and O–H groups in total. The SMILES string of the molecule is CO[Si](CCOC(=O)CCc1ccccc1)(OC)OC. The maximum atomic E-state index is 11.6. The van der Waals surface area contributed by atoms with Gasteiger partial charge in [-0.2, -0.15) is 0 Å². The molecule has 0 amide bonds. The summed E-state index contributed by atoms with van der Waals surface area (Å²) in [6.45, 7) is 0.245. The lowest BCUT2D eigenvalue weighted by atomic mass is 10.1. The first kappa shape index (κ1) is 16.8. The van der Waals surface area contributed by atoms with Gasteiger partial charge in [0.25, 0.3) is 0 Å². The molecule has 0 aliphatic carbocycles. The highest BCUT2D eigenvalue weighted by Gasteiger charge is 2.37. The Morgan fingerprint density at radius 2 is 1.65 bits per heavy atom. The zero-order valence-corrected chi connectivity index (χ0v) is 13.3. The predicted octanol–water partition coefficient (Wildman–Crippen LogP) is 2.04. The normalized spacial score (nSPS) is 11.3. The minimum absolute atomic E-state index is 0.222. The lowest BCUT2D eigenvalue weighted by Gasteiger charge is -2.23. The van der Waals surface area contributed by atoms with E-state index in [2.05, 4.69) is 0 Å². The number of carbonyl (C=O) groups excluding carboxylic acids is 1. The highest BCUT2D eigenvalue weighted by Crippen LogP contribution is 2.12. The number of ether oxygens (including phenoxy) is 1. The van der Waals surface area contributed by atoms with E-state index in [1.54, 1.807) is 0 Å². The first-order valence-electron chi connectivity index (χ1n) is 6.51. The number of benzene rings is 1. The van der Waals surface area contributed by atoms with Crippen LogP contribution in [0.3, 0.4) is 0 Å². The van der Waals surface area contributed by atoms with Crippen LogP contribution in [0, 0.1) is 0 Å². The lowest BCUT2D eigenvalue weighted by molar-refractivity contribution is -0.143. The summed E-state index contributed by atoms with van der Waals surface area (Å²) < 4.78 is 20.9. The Morgan fingerprint density at radius 3 is 2.20 bits per heavy atom. The van der Waals surface area contributed by atoms with Crippen molar-refractivity contribution in [1.82, 2.24) is 0 Å². The number of hydrogen-bond donors (Lipinski definition) is 0. The third-order valence-corrected chi connectivity index (χ3v) is 5.75. The summed E-state index contributed by atoms with van der Waals surface area (Å²) in [7, 11) is 1.97. The third kappa shape index (κ3) is 5.42. The molecule has 112 valence electrons. The molecule has 1 aromatic rings. The highest BCUT2D eigenvalue weighted by molar-refractivity contribution is 6.60. The van der Waals surface area contributed by atoms with Crippen molar-refractivity contribution in [3.8, 4) is 0 Å². The summed E-state index contributed by atoms with van der Waals surface area (Å²) >= 11 is 0. The molecule has 0 saturated carbocycles. The summed E-state index contributed by atoms with van der Waals surface area (Å²) in [6.07, 6.45) is 1.05. The zero-order valence-electron chi connectivity index (χ0n) is 12.3. The van der Waals surface area contributed by atoms with Crippen LogP contribution in [0.5, 0.6) is 0 Å². The van der Waals surface area contributed by atoms with Crippen molar-refractivity contribution in [3.63, 3.8) is 0 Å². The van der Waals surface area contributed by atoms with Gasteiger partial charge in [0.05, 0.1) is 12.7 Å². The Balaban J connectivity index is 2.26. The molecule has 1 aromatic carbocycles. The van der Waals surface area contributed by atoms with Crippen LogP contribution in [0.15, 0.2) is 30.3 Å². The monoisotopic (exact) mass is 298 g/mol. The second-order valence-corrected chi connectivity index (χ2v) is 7.34. The second kappa shape index (κ2) is 8.86. The molecule has 6 heteroatoms. The van der Waals surface area contributed by atoms with E-state index in [9.17, 15) is 4.79 Å². The Labute approximate surface area is 121 Å². The Bertz CT molecular complexity index is 384. The van der Waals surface area contributed by atoms with Crippen LogP contribution in [0.4, 0.5) is 0 Å². The van der Waals surface area contributed by atoms with Gasteiger partial charge in [-0.1, -0.05) is 30.3 Å². The summed E-state index contributed by atoms with van der Waals surface area (Å²) in [4.78, 5) is 11.6. The first-order chi connectivity index (χ1) is 9.65. The summed E-state index contributed by atoms with van der Waals surface area (Å²) in [5, 5.41) is 0. The zero-order chi connectivity index (χ0) is 14.8. The molecule has 0 spiro atoms. The number of carbonyl (C=O) groups is 1. The van der Waals surface area contributed by atoms with Crippen LogP contribution in [0.25, 0.3) is 0 Å². The van der Waals surface area contributed by atoms with Gasteiger partial charge in [-0.15, -0.1) is 0 Å². The average molecular weight is 298 g/mol. The molecule has 0 aliphatic heterocycles. The molecule has 0 bridgehead atoms. The van der Waals surface area contributed by atoms with Gasteiger partial charge in [-0.25, -0.2) is 0 Å². The van der Waals surface area contributed by atoms with Crippen molar-refractivity contribution in [2.75, 3.05) is 27.9 Å². The largest absolute Gasteiger partial charge is 0.503 e. The van der Waals surface area contributed by atoms with Gasteiger partial charge in [-0.05, 0) is 12.0 Å². The first-order valence-corrected chi connectivity index (χ1v) is 8.44. The van der Waals surface area contributed by atoms with Crippen LogP contribution in [0.1, 0.15) is 12.0 Å². The van der Waals surface area contributed by atoms with E-state index >= 15 is 0 Å². The van der Waals surface area contributed by atoms with Crippen molar-refractivity contribution in [3.05, 3.63) is 35.9 Å². The molecule has 0 saturated heterocycles. The maximum absolute atomic E-state index is 11.6. The summed E-state index contributed by atoms with van der Waals surface area (Å²) in [5.74, 6) is -0.222. The van der Waals surface area contributed by atoms with Gasteiger partial charge in [0.2, 0.25) is 0 Å². The second-order valence-electron chi connectivity index (χ2n) is 4.25. The standard InChI is InChI=1S/C14H22O5Si/c1-16-20(17-2,18-3)12-11-19-14(15)10-9-13-7-5-4-6-8-13/h4-8H,9-12H2,1-3H3. The lowest BCUT2D eigenvalue weighted by Crippen LogP contribution is -2.43. The average Bonchev–Trinajstić information content (AvgIpc) is 2.51. The third-order valence-electron chi connectivity index (χ3n) is 3.06. The number of rotatable bonds is 9. The fourth-order valence-corrected chi connectivity index (χ4v) is 3.27. The molecular weight excluding hydrogens is 276 g/mol. The Morgan fingerprint density at radius 1 is 1.05 bits per heavy atom. The van der Waals surface area contributed by atoms with Crippen molar-refractivity contribution < 1.29 is 22.8 Å². The smallest absolute Gasteiger partial charge is 0.466 e.